The molecule has 0 aliphatic carbocycles. The monoisotopic (exact) mass is 727 g/mol. The number of aliphatic carboxylic acids is 1. The van der Waals surface area contributed by atoms with Gasteiger partial charge in [-0.05, 0) is 35.7 Å². The Morgan fingerprint density at radius 3 is 1.81 bits per heavy atom. The highest BCUT2D eigenvalue weighted by Gasteiger charge is 2.42. The summed E-state index contributed by atoms with van der Waals surface area (Å²) in [5.41, 5.74) is 0.618. The van der Waals surface area contributed by atoms with Gasteiger partial charge in [-0.1, -0.05) is 62.4 Å². The van der Waals surface area contributed by atoms with Crippen LogP contribution in [0.3, 0.4) is 0 Å². The largest absolute Gasteiger partial charge is 0.475 e. The first-order valence-electron chi connectivity index (χ1n) is 16.3. The van der Waals surface area contributed by atoms with Crippen LogP contribution in [-0.2, 0) is 40.0 Å². The molecule has 0 radical (unpaired) electrons. The number of carbonyl (C=O) groups is 8. The average Bonchev–Trinajstić information content (AvgIpc) is 3.09. The van der Waals surface area contributed by atoms with E-state index in [9.17, 15) is 43.5 Å². The molecule has 0 aromatic heterocycles. The zero-order valence-corrected chi connectivity index (χ0v) is 29.5. The Bertz CT molecular complexity index is 1940. The van der Waals surface area contributed by atoms with Crippen LogP contribution in [0.5, 0.6) is 17.2 Å². The predicted octanol–water partition coefficient (Wildman–Crippen LogP) is 3.15. The Hall–Kier alpha value is -6.64. The summed E-state index contributed by atoms with van der Waals surface area (Å²) in [4.78, 5) is 105. The summed E-state index contributed by atoms with van der Waals surface area (Å²) in [5, 5.41) is 11.9. The maximum atomic E-state index is 14.5. The van der Waals surface area contributed by atoms with E-state index < -0.39 is 89.2 Å². The lowest BCUT2D eigenvalue weighted by atomic mass is 9.95. The van der Waals surface area contributed by atoms with Crippen LogP contribution in [0.25, 0.3) is 5.70 Å². The Morgan fingerprint density at radius 2 is 1.32 bits per heavy atom. The van der Waals surface area contributed by atoms with Crippen LogP contribution in [0.1, 0.15) is 56.1 Å². The van der Waals surface area contributed by atoms with Crippen molar-refractivity contribution >= 4 is 53.1 Å². The summed E-state index contributed by atoms with van der Waals surface area (Å²) < 4.78 is 15.9. The van der Waals surface area contributed by atoms with Gasteiger partial charge in [-0.25, -0.2) is 4.79 Å². The number of rotatable bonds is 13. The Morgan fingerprint density at radius 1 is 0.792 bits per heavy atom. The van der Waals surface area contributed by atoms with Crippen molar-refractivity contribution in [3.63, 3.8) is 0 Å². The molecule has 0 fully saturated rings. The van der Waals surface area contributed by atoms with E-state index in [2.05, 4.69) is 5.32 Å². The molecule has 2 N–H and O–H groups in total. The standard InChI is InChI=1S/C38H37N3O12/c1-21(2)33-37(48)40(20-32(45)39-28(34(46)38(49)50)16-25-12-8-6-9-13-25)29(19-41(33)36(47)26-14-10-7-11-15-26)27-17-30(51-22(3)42)35(53-24(5)44)31(18-27)52-23(4)43/h6-15,17-19,21,28,33H,16,20H2,1-5H3,(H,39,45)(H,49,50)/t28-,33?/m0/s1. The van der Waals surface area contributed by atoms with Gasteiger partial charge in [0.2, 0.25) is 11.7 Å². The fourth-order valence-electron chi connectivity index (χ4n) is 5.62. The number of benzene rings is 3. The zero-order valence-electron chi connectivity index (χ0n) is 29.5. The maximum Gasteiger partial charge on any atom is 0.374 e. The second kappa shape index (κ2) is 17.0. The van der Waals surface area contributed by atoms with Gasteiger partial charge in [-0.3, -0.25) is 38.5 Å². The van der Waals surface area contributed by atoms with Crippen LogP contribution in [0.2, 0.25) is 0 Å². The molecule has 0 bridgehead atoms. The van der Waals surface area contributed by atoms with Gasteiger partial charge in [0.15, 0.2) is 11.5 Å². The summed E-state index contributed by atoms with van der Waals surface area (Å²) in [6.45, 7) is 5.79. The lowest BCUT2D eigenvalue weighted by Gasteiger charge is -2.41. The molecule has 2 atom stereocenters. The van der Waals surface area contributed by atoms with Crippen molar-refractivity contribution in [2.75, 3.05) is 6.54 Å². The van der Waals surface area contributed by atoms with Crippen molar-refractivity contribution in [3.05, 3.63) is 95.7 Å². The van der Waals surface area contributed by atoms with Crippen molar-refractivity contribution in [2.45, 2.75) is 53.1 Å². The predicted molar refractivity (Wildman–Crippen MR) is 186 cm³/mol. The van der Waals surface area contributed by atoms with Crippen LogP contribution in [0.15, 0.2) is 79.0 Å². The van der Waals surface area contributed by atoms with Gasteiger partial charge in [-0.2, -0.15) is 0 Å². The minimum Gasteiger partial charge on any atom is -0.475 e. The van der Waals surface area contributed by atoms with Crippen LogP contribution in [-0.4, -0.2) is 80.9 Å². The number of ketones is 1. The first-order valence-corrected chi connectivity index (χ1v) is 16.3. The Kier molecular flexibility index (Phi) is 12.6. The van der Waals surface area contributed by atoms with Gasteiger partial charge in [0.25, 0.3) is 17.6 Å². The molecule has 1 unspecified atom stereocenters. The summed E-state index contributed by atoms with van der Waals surface area (Å²) in [5.74, 6) is -9.65. The normalized spacial score (nSPS) is 14.5. The molecule has 3 aromatic carbocycles. The van der Waals surface area contributed by atoms with Gasteiger partial charge in [0.05, 0.1) is 5.70 Å². The molecule has 15 heteroatoms. The van der Waals surface area contributed by atoms with Crippen molar-refractivity contribution in [1.82, 2.24) is 15.1 Å². The Labute approximate surface area is 304 Å². The van der Waals surface area contributed by atoms with Crippen LogP contribution in [0, 0.1) is 5.92 Å². The van der Waals surface area contributed by atoms with Gasteiger partial charge in [-0.15, -0.1) is 0 Å². The highest BCUT2D eigenvalue weighted by Crippen LogP contribution is 2.43. The minimum atomic E-state index is -1.78. The lowest BCUT2D eigenvalue weighted by Crippen LogP contribution is -2.57. The first kappa shape index (κ1) is 39.2. The van der Waals surface area contributed by atoms with Gasteiger partial charge in [0.1, 0.15) is 18.6 Å². The second-order valence-corrected chi connectivity index (χ2v) is 12.3. The van der Waals surface area contributed by atoms with E-state index in [0.29, 0.717) is 5.56 Å². The van der Waals surface area contributed by atoms with E-state index in [0.717, 1.165) is 25.7 Å². The number of hydrogen-bond acceptors (Lipinski definition) is 11. The second-order valence-electron chi connectivity index (χ2n) is 12.3. The molecule has 0 saturated carbocycles. The quantitative estimate of drug-likeness (QED) is 0.148. The number of amides is 3. The van der Waals surface area contributed by atoms with E-state index >= 15 is 0 Å². The van der Waals surface area contributed by atoms with Crippen molar-refractivity contribution in [3.8, 4) is 17.2 Å². The van der Waals surface area contributed by atoms with E-state index in [1.54, 1.807) is 74.5 Å². The SMILES string of the molecule is CC(=O)Oc1cc(C2=CN(C(=O)c3ccccc3)C(C(C)C)C(=O)N2CC(=O)N[C@@H](Cc2ccccc2)C(=O)C(=O)O)cc(OC(C)=O)c1OC(C)=O. The Balaban J connectivity index is 1.90. The molecule has 1 aliphatic heterocycles. The fraction of sp³-hybridized carbons (Fsp3) is 0.263. The van der Waals surface area contributed by atoms with Crippen LogP contribution >= 0.6 is 0 Å². The summed E-state index contributed by atoms with van der Waals surface area (Å²) in [6.07, 6.45) is 1.13. The van der Waals surface area contributed by atoms with E-state index in [1.807, 2.05) is 0 Å². The molecule has 0 spiro atoms. The van der Waals surface area contributed by atoms with Gasteiger partial charge in [0, 0.05) is 44.5 Å². The number of carboxylic acid groups (broad SMARTS) is 1. The lowest BCUT2D eigenvalue weighted by molar-refractivity contribution is -0.150. The minimum absolute atomic E-state index is 0.0370. The third-order valence-corrected chi connectivity index (χ3v) is 7.77. The van der Waals surface area contributed by atoms with E-state index in [4.69, 9.17) is 14.2 Å². The molecule has 276 valence electrons. The number of Topliss-reactive ketones (excluding diaryl/α,β-unsaturated/α-hetero) is 1. The van der Waals surface area contributed by atoms with Crippen LogP contribution in [0.4, 0.5) is 0 Å². The topological polar surface area (TPSA) is 203 Å². The van der Waals surface area contributed by atoms with Gasteiger partial charge < -0.3 is 29.5 Å². The molecule has 4 rings (SSSR count). The molecular weight excluding hydrogens is 690 g/mol. The number of carboxylic acids is 1. The van der Waals surface area contributed by atoms with E-state index in [-0.39, 0.29) is 23.2 Å². The molecule has 1 aliphatic rings. The number of carbonyl (C=O) groups excluding carboxylic acids is 7. The number of nitrogens with zero attached hydrogens (tertiary/aromatic N) is 2. The number of ether oxygens (including phenoxy) is 3. The molecule has 3 aromatic rings. The van der Waals surface area contributed by atoms with Gasteiger partial charge >= 0.3 is 23.9 Å². The average molecular weight is 728 g/mol. The molecule has 15 nitrogen and oxygen atoms in total. The molecule has 3 amide bonds. The number of nitrogens with one attached hydrogen (secondary N) is 1. The molecule has 53 heavy (non-hydrogen) atoms. The first-order chi connectivity index (χ1) is 25.1. The number of hydrogen-bond donors (Lipinski definition) is 2. The van der Waals surface area contributed by atoms with Crippen molar-refractivity contribution < 1.29 is 57.7 Å². The molecule has 1 heterocycles. The highest BCUT2D eigenvalue weighted by molar-refractivity contribution is 6.35. The third kappa shape index (κ3) is 9.78. The highest BCUT2D eigenvalue weighted by atomic mass is 16.6. The summed E-state index contributed by atoms with van der Waals surface area (Å²) in [6, 6.07) is 16.2. The third-order valence-electron chi connectivity index (χ3n) is 7.77. The van der Waals surface area contributed by atoms with E-state index in [1.165, 1.54) is 23.2 Å². The number of esters is 3. The zero-order chi connectivity index (χ0) is 39.0. The maximum absolute atomic E-state index is 14.5. The van der Waals surface area contributed by atoms with Crippen molar-refractivity contribution in [2.24, 2.45) is 5.92 Å². The van der Waals surface area contributed by atoms with Crippen LogP contribution < -0.4 is 19.5 Å². The van der Waals surface area contributed by atoms with Crippen molar-refractivity contribution in [1.29, 1.82) is 0 Å². The summed E-state index contributed by atoms with van der Waals surface area (Å²) in [7, 11) is 0. The fourth-order valence-corrected chi connectivity index (χ4v) is 5.62. The smallest absolute Gasteiger partial charge is 0.374 e. The molecular formula is C38H37N3O12. The summed E-state index contributed by atoms with van der Waals surface area (Å²) >= 11 is 0. The molecule has 0 saturated heterocycles.